The maximum Gasteiger partial charge on any atom is 0.0419 e. The van der Waals surface area contributed by atoms with Gasteiger partial charge in [0.05, 0.1) is 0 Å². The first kappa shape index (κ1) is 14.1. The van der Waals surface area contributed by atoms with Crippen LogP contribution in [0.2, 0.25) is 0 Å². The molecule has 0 saturated heterocycles. The van der Waals surface area contributed by atoms with Crippen LogP contribution in [-0.4, -0.2) is 7.05 Å². The van der Waals surface area contributed by atoms with E-state index in [2.05, 4.69) is 77.3 Å². The highest BCUT2D eigenvalue weighted by Gasteiger charge is 2.09. The van der Waals surface area contributed by atoms with Crippen molar-refractivity contribution < 1.29 is 0 Å². The molecule has 2 aromatic carbocycles. The lowest BCUT2D eigenvalue weighted by Gasteiger charge is -2.21. The molecule has 2 aromatic rings. The first-order chi connectivity index (χ1) is 8.99. The third kappa shape index (κ3) is 3.17. The number of hydrogen-bond acceptors (Lipinski definition) is 2. The molecule has 19 heavy (non-hydrogen) atoms. The highest BCUT2D eigenvalue weighted by molar-refractivity contribution is 9.10. The van der Waals surface area contributed by atoms with Crippen LogP contribution in [0.1, 0.15) is 24.1 Å². The molecule has 0 aliphatic carbocycles. The summed E-state index contributed by atoms with van der Waals surface area (Å²) < 4.78 is 1.05. The summed E-state index contributed by atoms with van der Waals surface area (Å²) in [4.78, 5) is 2.16. The topological polar surface area (TPSA) is 29.3 Å². The Labute approximate surface area is 123 Å². The molecule has 2 nitrogen and oxygen atoms in total. The Hall–Kier alpha value is -1.32. The monoisotopic (exact) mass is 318 g/mol. The molecule has 3 heteroatoms. The van der Waals surface area contributed by atoms with Gasteiger partial charge in [-0.1, -0.05) is 39.7 Å². The summed E-state index contributed by atoms with van der Waals surface area (Å²) in [7, 11) is 2.07. The highest BCUT2D eigenvalue weighted by atomic mass is 79.9. The van der Waals surface area contributed by atoms with Crippen molar-refractivity contribution in [2.45, 2.75) is 19.9 Å². The lowest BCUT2D eigenvalue weighted by Crippen LogP contribution is -2.11. The number of nitrogens with zero attached hydrogens (tertiary/aromatic N) is 1. The van der Waals surface area contributed by atoms with E-state index in [4.69, 9.17) is 5.73 Å². The first-order valence-corrected chi connectivity index (χ1v) is 7.14. The van der Waals surface area contributed by atoms with Crippen LogP contribution in [0.25, 0.3) is 0 Å². The normalized spacial score (nSPS) is 12.3. The highest BCUT2D eigenvalue weighted by Crippen LogP contribution is 2.30. The van der Waals surface area contributed by atoms with Crippen LogP contribution in [-0.2, 0) is 0 Å². The average Bonchev–Trinajstić information content (AvgIpc) is 2.38. The second kappa shape index (κ2) is 5.76. The zero-order valence-corrected chi connectivity index (χ0v) is 13.1. The van der Waals surface area contributed by atoms with Crippen LogP contribution < -0.4 is 10.6 Å². The van der Waals surface area contributed by atoms with E-state index in [1.165, 1.54) is 11.3 Å². The van der Waals surface area contributed by atoms with Crippen LogP contribution in [0, 0.1) is 6.92 Å². The van der Waals surface area contributed by atoms with Crippen molar-refractivity contribution in [1.82, 2.24) is 0 Å². The van der Waals surface area contributed by atoms with Gasteiger partial charge in [-0.2, -0.15) is 0 Å². The van der Waals surface area contributed by atoms with Crippen molar-refractivity contribution >= 4 is 27.3 Å². The minimum atomic E-state index is 0.0353. The smallest absolute Gasteiger partial charge is 0.0419 e. The maximum atomic E-state index is 5.92. The van der Waals surface area contributed by atoms with E-state index < -0.39 is 0 Å². The third-order valence-corrected chi connectivity index (χ3v) is 3.97. The number of aryl methyl sites for hydroxylation is 1. The minimum Gasteiger partial charge on any atom is -0.345 e. The molecule has 0 heterocycles. The van der Waals surface area contributed by atoms with Gasteiger partial charge in [-0.15, -0.1) is 0 Å². The summed E-state index contributed by atoms with van der Waals surface area (Å²) in [6, 6.07) is 14.8. The van der Waals surface area contributed by atoms with Gasteiger partial charge >= 0.3 is 0 Å². The van der Waals surface area contributed by atoms with Gasteiger partial charge < -0.3 is 10.6 Å². The number of halogens is 1. The molecule has 0 radical (unpaired) electrons. The second-order valence-electron chi connectivity index (χ2n) is 4.89. The SMILES string of the molecule is Cc1ccc(N(C)c2ccc([C@@H](C)N)c(Br)c2)cc1. The molecule has 0 aliphatic heterocycles. The van der Waals surface area contributed by atoms with Crippen molar-refractivity contribution in [2.75, 3.05) is 11.9 Å². The van der Waals surface area contributed by atoms with Crippen molar-refractivity contribution in [3.05, 3.63) is 58.1 Å². The van der Waals surface area contributed by atoms with Gasteiger partial charge in [0.1, 0.15) is 0 Å². The molecule has 0 saturated carbocycles. The van der Waals surface area contributed by atoms with Crippen LogP contribution in [0.15, 0.2) is 46.9 Å². The lowest BCUT2D eigenvalue weighted by atomic mass is 10.1. The van der Waals surface area contributed by atoms with E-state index in [9.17, 15) is 0 Å². The van der Waals surface area contributed by atoms with Crippen molar-refractivity contribution in [2.24, 2.45) is 5.73 Å². The molecule has 1 atom stereocenters. The van der Waals surface area contributed by atoms with Crippen LogP contribution in [0.4, 0.5) is 11.4 Å². The van der Waals surface area contributed by atoms with Crippen molar-refractivity contribution in [1.29, 1.82) is 0 Å². The van der Waals surface area contributed by atoms with Crippen LogP contribution in [0.5, 0.6) is 0 Å². The van der Waals surface area contributed by atoms with Gasteiger partial charge in [0, 0.05) is 28.9 Å². The Kier molecular flexibility index (Phi) is 4.27. The van der Waals surface area contributed by atoms with E-state index in [1.807, 2.05) is 6.92 Å². The molecule has 0 fully saturated rings. The summed E-state index contributed by atoms with van der Waals surface area (Å²) in [5, 5.41) is 0. The van der Waals surface area contributed by atoms with E-state index in [0.717, 1.165) is 15.7 Å². The van der Waals surface area contributed by atoms with Gasteiger partial charge in [-0.3, -0.25) is 0 Å². The van der Waals surface area contributed by atoms with Crippen LogP contribution >= 0.6 is 15.9 Å². The fraction of sp³-hybridized carbons (Fsp3) is 0.250. The quantitative estimate of drug-likeness (QED) is 0.899. The molecular formula is C16H19BrN2. The molecule has 100 valence electrons. The van der Waals surface area contributed by atoms with Gasteiger partial charge in [0.25, 0.3) is 0 Å². The zero-order valence-electron chi connectivity index (χ0n) is 11.5. The fourth-order valence-corrected chi connectivity index (χ4v) is 2.74. The maximum absolute atomic E-state index is 5.92. The van der Waals surface area contributed by atoms with Gasteiger partial charge in [-0.25, -0.2) is 0 Å². The molecule has 2 N–H and O–H groups in total. The number of benzene rings is 2. The lowest BCUT2D eigenvalue weighted by molar-refractivity contribution is 0.813. The second-order valence-corrected chi connectivity index (χ2v) is 5.74. The summed E-state index contributed by atoms with van der Waals surface area (Å²) in [6.07, 6.45) is 0. The Morgan fingerprint density at radius 3 is 2.16 bits per heavy atom. The number of rotatable bonds is 3. The summed E-state index contributed by atoms with van der Waals surface area (Å²) >= 11 is 3.59. The average molecular weight is 319 g/mol. The molecule has 2 rings (SSSR count). The largest absolute Gasteiger partial charge is 0.345 e. The standard InChI is InChI=1S/C16H19BrN2/c1-11-4-6-13(7-5-11)19(3)14-8-9-15(12(2)18)16(17)10-14/h4-10,12H,18H2,1-3H3/t12-/m1/s1. The van der Waals surface area contributed by atoms with Crippen LogP contribution in [0.3, 0.4) is 0 Å². The Morgan fingerprint density at radius 1 is 1.05 bits per heavy atom. The summed E-state index contributed by atoms with van der Waals surface area (Å²) in [5.74, 6) is 0. The predicted molar refractivity (Wildman–Crippen MR) is 86.0 cm³/mol. The van der Waals surface area contributed by atoms with Gasteiger partial charge in [-0.05, 0) is 43.7 Å². The third-order valence-electron chi connectivity index (χ3n) is 3.28. The van der Waals surface area contributed by atoms with E-state index >= 15 is 0 Å². The van der Waals surface area contributed by atoms with Crippen molar-refractivity contribution in [3.63, 3.8) is 0 Å². The fourth-order valence-electron chi connectivity index (χ4n) is 2.01. The Morgan fingerprint density at radius 2 is 1.63 bits per heavy atom. The Balaban J connectivity index is 2.31. The van der Waals surface area contributed by atoms with Gasteiger partial charge in [0.2, 0.25) is 0 Å². The number of nitrogens with two attached hydrogens (primary N) is 1. The van der Waals surface area contributed by atoms with Crippen molar-refractivity contribution in [3.8, 4) is 0 Å². The zero-order chi connectivity index (χ0) is 14.0. The van der Waals surface area contributed by atoms with E-state index in [0.29, 0.717) is 0 Å². The summed E-state index contributed by atoms with van der Waals surface area (Å²) in [5.41, 5.74) is 10.6. The minimum absolute atomic E-state index is 0.0353. The first-order valence-electron chi connectivity index (χ1n) is 6.34. The molecule has 0 unspecified atom stereocenters. The van der Waals surface area contributed by atoms with E-state index in [-0.39, 0.29) is 6.04 Å². The number of hydrogen-bond donors (Lipinski definition) is 1. The molecule has 0 bridgehead atoms. The Bertz CT molecular complexity index is 561. The summed E-state index contributed by atoms with van der Waals surface area (Å²) in [6.45, 7) is 4.08. The van der Waals surface area contributed by atoms with E-state index in [1.54, 1.807) is 0 Å². The predicted octanol–water partition coefficient (Wildman–Crippen LogP) is 4.55. The molecule has 0 aliphatic rings. The molecule has 0 spiro atoms. The molecular weight excluding hydrogens is 300 g/mol. The molecule has 0 amide bonds. The molecule has 0 aromatic heterocycles. The van der Waals surface area contributed by atoms with Gasteiger partial charge in [0.15, 0.2) is 0 Å². The number of anilines is 2.